The molecule has 0 saturated carbocycles. The molecule has 0 radical (unpaired) electrons. The summed E-state index contributed by atoms with van der Waals surface area (Å²) in [5, 5.41) is 12.4. The van der Waals surface area contributed by atoms with Gasteiger partial charge in [0.25, 0.3) is 0 Å². The van der Waals surface area contributed by atoms with Crippen LogP contribution in [0, 0.1) is 6.57 Å². The first-order valence-corrected chi connectivity index (χ1v) is 17.9. The van der Waals surface area contributed by atoms with Crippen LogP contribution in [0.25, 0.3) is 109 Å². The second-order valence-corrected chi connectivity index (χ2v) is 13.9. The number of nitrogens with zero attached hydrogens (tertiary/aromatic N) is 3. The molecule has 0 unspecified atom stereocenters. The molecule has 0 N–H and O–H groups in total. The summed E-state index contributed by atoms with van der Waals surface area (Å²) in [4.78, 5) is 8.73. The lowest BCUT2D eigenvalue weighted by Gasteiger charge is -2.15. The van der Waals surface area contributed by atoms with Crippen LogP contribution in [0.2, 0.25) is 0 Å². The van der Waals surface area contributed by atoms with Crippen molar-refractivity contribution in [2.45, 2.75) is 0 Å². The SMILES string of the molecule is [C-]#[N+]c1ccc2c3ccc(-c4ccc(-c5cc6ccc7cc(-c8ccc9ccccc9c8)cc8ccc(c5)c6c78)nc4)cc3n(-c3ccccc3)c2c1. The zero-order valence-electron chi connectivity index (χ0n) is 28.6. The first-order valence-electron chi connectivity index (χ1n) is 17.9. The minimum absolute atomic E-state index is 0.635. The van der Waals surface area contributed by atoms with E-state index in [4.69, 9.17) is 11.6 Å². The topological polar surface area (TPSA) is 22.2 Å². The Morgan fingerprint density at radius 2 is 0.962 bits per heavy atom. The van der Waals surface area contributed by atoms with E-state index in [1.54, 1.807) is 0 Å². The number of aromatic nitrogens is 2. The fraction of sp³-hybridized carbons (Fsp3) is 0. The average molecular weight is 672 g/mol. The van der Waals surface area contributed by atoms with Crippen LogP contribution in [0.4, 0.5) is 5.69 Å². The molecule has 11 rings (SSSR count). The number of benzene rings is 9. The van der Waals surface area contributed by atoms with Gasteiger partial charge in [0, 0.05) is 39.3 Å². The molecule has 0 fully saturated rings. The van der Waals surface area contributed by atoms with Crippen molar-refractivity contribution in [2.75, 3.05) is 0 Å². The first kappa shape index (κ1) is 29.5. The normalized spacial score (nSPS) is 11.8. The van der Waals surface area contributed by atoms with Gasteiger partial charge in [0.2, 0.25) is 0 Å². The minimum atomic E-state index is 0.635. The number of hydrogen-bond acceptors (Lipinski definition) is 1. The first-order chi connectivity index (χ1) is 26.2. The van der Waals surface area contributed by atoms with Gasteiger partial charge in [0.1, 0.15) is 0 Å². The fourth-order valence-corrected chi connectivity index (χ4v) is 8.37. The molecule has 3 heteroatoms. The van der Waals surface area contributed by atoms with Crippen molar-refractivity contribution < 1.29 is 0 Å². The van der Waals surface area contributed by atoms with Gasteiger partial charge in [0.05, 0.1) is 17.8 Å². The van der Waals surface area contributed by atoms with Gasteiger partial charge >= 0.3 is 0 Å². The van der Waals surface area contributed by atoms with Crippen LogP contribution in [0.5, 0.6) is 0 Å². The highest BCUT2D eigenvalue weighted by Crippen LogP contribution is 2.41. The van der Waals surface area contributed by atoms with Gasteiger partial charge < -0.3 is 4.57 Å². The van der Waals surface area contributed by atoms with E-state index in [1.807, 2.05) is 24.4 Å². The van der Waals surface area contributed by atoms with Crippen molar-refractivity contribution in [3.63, 3.8) is 0 Å². The molecule has 0 aliphatic heterocycles. The zero-order valence-corrected chi connectivity index (χ0v) is 28.6. The van der Waals surface area contributed by atoms with Crippen LogP contribution >= 0.6 is 0 Å². The Hall–Kier alpha value is -7.28. The fourth-order valence-electron chi connectivity index (χ4n) is 8.37. The van der Waals surface area contributed by atoms with Crippen molar-refractivity contribution in [1.82, 2.24) is 9.55 Å². The zero-order chi connectivity index (χ0) is 35.0. The Bertz CT molecular complexity index is 3210. The molecule has 244 valence electrons. The van der Waals surface area contributed by atoms with E-state index in [0.29, 0.717) is 5.69 Å². The molecule has 53 heavy (non-hydrogen) atoms. The summed E-state index contributed by atoms with van der Waals surface area (Å²) < 4.78 is 2.26. The summed E-state index contributed by atoms with van der Waals surface area (Å²) in [6.45, 7) is 7.61. The van der Waals surface area contributed by atoms with Gasteiger partial charge in [0.15, 0.2) is 5.69 Å². The third kappa shape index (κ3) is 4.63. The molecule has 2 heterocycles. The Labute approximate surface area is 305 Å². The molecule has 0 aliphatic rings. The van der Waals surface area contributed by atoms with Crippen molar-refractivity contribution >= 4 is 70.6 Å². The van der Waals surface area contributed by atoms with Crippen LogP contribution in [0.15, 0.2) is 176 Å². The Morgan fingerprint density at radius 3 is 1.64 bits per heavy atom. The van der Waals surface area contributed by atoms with Gasteiger partial charge in [-0.25, -0.2) is 4.85 Å². The maximum atomic E-state index is 7.61. The van der Waals surface area contributed by atoms with Gasteiger partial charge in [-0.05, 0) is 120 Å². The average Bonchev–Trinajstić information content (AvgIpc) is 3.55. The maximum absolute atomic E-state index is 7.61. The molecule has 9 aromatic carbocycles. The predicted octanol–water partition coefficient (Wildman–Crippen LogP) is 13.8. The van der Waals surface area contributed by atoms with Crippen LogP contribution in [-0.2, 0) is 0 Å². The van der Waals surface area contributed by atoms with Gasteiger partial charge in [-0.15, -0.1) is 0 Å². The minimum Gasteiger partial charge on any atom is -0.310 e. The largest absolute Gasteiger partial charge is 0.310 e. The highest BCUT2D eigenvalue weighted by atomic mass is 15.0. The highest BCUT2D eigenvalue weighted by molar-refractivity contribution is 6.24. The van der Waals surface area contributed by atoms with Crippen molar-refractivity contribution in [2.24, 2.45) is 0 Å². The second kappa shape index (κ2) is 11.4. The number of para-hydroxylation sites is 1. The molecular weight excluding hydrogens is 643 g/mol. The van der Waals surface area contributed by atoms with E-state index in [0.717, 1.165) is 49.9 Å². The van der Waals surface area contributed by atoms with E-state index in [2.05, 4.69) is 161 Å². The molecule has 3 nitrogen and oxygen atoms in total. The molecule has 0 spiro atoms. The van der Waals surface area contributed by atoms with Gasteiger partial charge in [-0.2, -0.15) is 0 Å². The summed E-state index contributed by atoms with van der Waals surface area (Å²) in [5.74, 6) is 0. The quantitative estimate of drug-likeness (QED) is 0.135. The van der Waals surface area contributed by atoms with E-state index < -0.39 is 0 Å². The Morgan fingerprint density at radius 1 is 0.415 bits per heavy atom. The van der Waals surface area contributed by atoms with Crippen LogP contribution in [-0.4, -0.2) is 9.55 Å². The smallest absolute Gasteiger partial charge is 0.189 e. The van der Waals surface area contributed by atoms with Crippen molar-refractivity contribution in [3.8, 4) is 39.2 Å². The van der Waals surface area contributed by atoms with E-state index >= 15 is 0 Å². The third-order valence-electron chi connectivity index (χ3n) is 10.9. The standard InChI is InChI=1S/C50H29N3/c1-51-42-19-21-45-44-20-17-34(28-47(44)53(48(45)29-42)43-9-3-2-4-10-43)39-18-22-46(52-30-39)41-26-37-15-13-35-24-40(25-36-14-16-38(27-41)50(37)49(35)36)33-12-11-31-7-5-6-8-32(31)23-33/h2-30H. The van der Waals surface area contributed by atoms with E-state index in [9.17, 15) is 0 Å². The summed E-state index contributed by atoms with van der Waals surface area (Å²) in [5.41, 5.74) is 10.5. The molecule has 11 aromatic rings. The molecular formula is C50H29N3. The lowest BCUT2D eigenvalue weighted by atomic mass is 9.89. The van der Waals surface area contributed by atoms with Crippen LogP contribution in [0.1, 0.15) is 0 Å². The van der Waals surface area contributed by atoms with E-state index in [1.165, 1.54) is 54.2 Å². The maximum Gasteiger partial charge on any atom is 0.189 e. The molecule has 0 amide bonds. The predicted molar refractivity (Wildman–Crippen MR) is 222 cm³/mol. The Kier molecular flexibility index (Phi) is 6.32. The van der Waals surface area contributed by atoms with Gasteiger partial charge in [-0.1, -0.05) is 109 Å². The summed E-state index contributed by atoms with van der Waals surface area (Å²) in [6, 6.07) is 60.8. The monoisotopic (exact) mass is 671 g/mol. The summed E-state index contributed by atoms with van der Waals surface area (Å²) in [7, 11) is 0. The lowest BCUT2D eigenvalue weighted by molar-refractivity contribution is 1.18. The van der Waals surface area contributed by atoms with Crippen LogP contribution < -0.4 is 0 Å². The molecule has 0 aliphatic carbocycles. The van der Waals surface area contributed by atoms with Gasteiger partial charge in [-0.3, -0.25) is 4.98 Å². The van der Waals surface area contributed by atoms with Crippen molar-refractivity contribution in [1.29, 1.82) is 0 Å². The number of fused-ring (bicyclic) bond motifs is 4. The Balaban J connectivity index is 0.975. The van der Waals surface area contributed by atoms with Crippen molar-refractivity contribution in [3.05, 3.63) is 187 Å². The molecule has 2 aromatic heterocycles. The highest BCUT2D eigenvalue weighted by Gasteiger charge is 2.16. The molecule has 0 atom stereocenters. The lowest BCUT2D eigenvalue weighted by Crippen LogP contribution is -1.93. The molecule has 0 saturated heterocycles. The van der Waals surface area contributed by atoms with Crippen LogP contribution in [0.3, 0.4) is 0 Å². The third-order valence-corrected chi connectivity index (χ3v) is 10.9. The number of pyridine rings is 1. The van der Waals surface area contributed by atoms with E-state index in [-0.39, 0.29) is 0 Å². The number of rotatable bonds is 4. The number of hydrogen-bond donors (Lipinski definition) is 0. The summed E-state index contributed by atoms with van der Waals surface area (Å²) >= 11 is 0. The summed E-state index contributed by atoms with van der Waals surface area (Å²) in [6.07, 6.45) is 1.99. The molecule has 0 bridgehead atoms. The second-order valence-electron chi connectivity index (χ2n) is 13.9.